The Labute approximate surface area is 114 Å². The van der Waals surface area contributed by atoms with E-state index in [2.05, 4.69) is 5.10 Å². The molecule has 0 N–H and O–H groups in total. The lowest BCUT2D eigenvalue weighted by Crippen LogP contribution is -2.12. The molecule has 2 rings (SSSR count). The number of Topliss-reactive ketones (excluding diaryl/α,β-unsaturated/α-hetero) is 1. The van der Waals surface area contributed by atoms with Crippen LogP contribution in [0.4, 0.5) is 0 Å². The topological polar surface area (TPSA) is 34.9 Å². The number of nitrogens with zero attached hydrogens (tertiary/aromatic N) is 2. The van der Waals surface area contributed by atoms with Gasteiger partial charge in [0.25, 0.3) is 0 Å². The standard InChI is InChI=1S/C14H21ClN2O/c1-3-17-13(14(15)10(2)16-17)9-12(18)8-11-6-4-5-7-11/h11H,3-9H2,1-2H3. The average molecular weight is 269 g/mol. The first-order chi connectivity index (χ1) is 8.61. The number of carbonyl (C=O) groups excluding carboxylic acids is 1. The molecule has 3 nitrogen and oxygen atoms in total. The molecule has 0 radical (unpaired) electrons. The lowest BCUT2D eigenvalue weighted by atomic mass is 9.99. The van der Waals surface area contributed by atoms with Crippen LogP contribution in [0.2, 0.25) is 5.02 Å². The number of carbonyl (C=O) groups is 1. The molecular formula is C14H21ClN2O. The molecule has 1 aromatic heterocycles. The van der Waals surface area contributed by atoms with Crippen molar-refractivity contribution in [1.29, 1.82) is 0 Å². The molecule has 0 spiro atoms. The van der Waals surface area contributed by atoms with Gasteiger partial charge in [-0.25, -0.2) is 0 Å². The summed E-state index contributed by atoms with van der Waals surface area (Å²) in [5.74, 6) is 0.911. The van der Waals surface area contributed by atoms with Gasteiger partial charge in [0.1, 0.15) is 5.78 Å². The van der Waals surface area contributed by atoms with Gasteiger partial charge in [0.15, 0.2) is 0 Å². The van der Waals surface area contributed by atoms with Gasteiger partial charge in [-0.2, -0.15) is 5.10 Å². The molecule has 0 bridgehead atoms. The monoisotopic (exact) mass is 268 g/mol. The third-order valence-corrected chi connectivity index (χ3v) is 4.30. The first-order valence-corrected chi connectivity index (χ1v) is 7.23. The number of halogens is 1. The molecule has 18 heavy (non-hydrogen) atoms. The van der Waals surface area contributed by atoms with Gasteiger partial charge in [-0.1, -0.05) is 37.3 Å². The van der Waals surface area contributed by atoms with Crippen LogP contribution in [0.5, 0.6) is 0 Å². The molecule has 0 atom stereocenters. The summed E-state index contributed by atoms with van der Waals surface area (Å²) in [6, 6.07) is 0. The van der Waals surface area contributed by atoms with Gasteiger partial charge < -0.3 is 0 Å². The maximum atomic E-state index is 12.1. The molecule has 0 aliphatic heterocycles. The van der Waals surface area contributed by atoms with Crippen molar-refractivity contribution in [2.45, 2.75) is 58.9 Å². The van der Waals surface area contributed by atoms with E-state index < -0.39 is 0 Å². The zero-order valence-electron chi connectivity index (χ0n) is 11.2. The van der Waals surface area contributed by atoms with E-state index in [9.17, 15) is 4.79 Å². The summed E-state index contributed by atoms with van der Waals surface area (Å²) in [7, 11) is 0. The van der Waals surface area contributed by atoms with Crippen LogP contribution in [-0.4, -0.2) is 15.6 Å². The molecular weight excluding hydrogens is 248 g/mol. The molecule has 1 saturated carbocycles. The van der Waals surface area contributed by atoms with E-state index in [0.29, 0.717) is 29.6 Å². The Morgan fingerprint density at radius 2 is 2.11 bits per heavy atom. The Kier molecular flexibility index (Phi) is 4.44. The van der Waals surface area contributed by atoms with Gasteiger partial charge in [0, 0.05) is 19.4 Å². The highest BCUT2D eigenvalue weighted by Crippen LogP contribution is 2.29. The van der Waals surface area contributed by atoms with Gasteiger partial charge in [-0.05, 0) is 19.8 Å². The minimum Gasteiger partial charge on any atom is -0.299 e. The summed E-state index contributed by atoms with van der Waals surface area (Å²) in [4.78, 5) is 12.1. The maximum Gasteiger partial charge on any atom is 0.139 e. The summed E-state index contributed by atoms with van der Waals surface area (Å²) in [5.41, 5.74) is 1.71. The number of hydrogen-bond acceptors (Lipinski definition) is 2. The minimum atomic E-state index is 0.304. The van der Waals surface area contributed by atoms with Crippen LogP contribution >= 0.6 is 11.6 Å². The lowest BCUT2D eigenvalue weighted by Gasteiger charge is -2.09. The zero-order valence-corrected chi connectivity index (χ0v) is 12.0. The molecule has 1 aromatic rings. The smallest absolute Gasteiger partial charge is 0.139 e. The number of rotatable bonds is 5. The van der Waals surface area contributed by atoms with E-state index in [-0.39, 0.29) is 0 Å². The zero-order chi connectivity index (χ0) is 13.1. The second kappa shape index (κ2) is 5.87. The van der Waals surface area contributed by atoms with Gasteiger partial charge in [0.05, 0.1) is 16.4 Å². The number of hydrogen-bond donors (Lipinski definition) is 0. The van der Waals surface area contributed by atoms with E-state index in [1.165, 1.54) is 25.7 Å². The highest BCUT2D eigenvalue weighted by molar-refractivity contribution is 6.32. The summed E-state index contributed by atoms with van der Waals surface area (Å²) in [5, 5.41) is 5.01. The summed E-state index contributed by atoms with van der Waals surface area (Å²) >= 11 is 6.22. The Morgan fingerprint density at radius 3 is 2.72 bits per heavy atom. The third kappa shape index (κ3) is 2.94. The van der Waals surface area contributed by atoms with Crippen LogP contribution in [0, 0.1) is 12.8 Å². The molecule has 1 aliphatic carbocycles. The van der Waals surface area contributed by atoms with Gasteiger partial charge in [-0.3, -0.25) is 9.48 Å². The van der Waals surface area contributed by atoms with Crippen molar-refractivity contribution < 1.29 is 4.79 Å². The van der Waals surface area contributed by atoms with E-state index in [1.807, 2.05) is 18.5 Å². The van der Waals surface area contributed by atoms with Crippen LogP contribution in [0.25, 0.3) is 0 Å². The summed E-state index contributed by atoms with van der Waals surface area (Å²) in [6.07, 6.45) is 6.14. The van der Waals surface area contributed by atoms with E-state index in [4.69, 9.17) is 11.6 Å². The van der Waals surface area contributed by atoms with Crippen molar-refractivity contribution in [2.24, 2.45) is 5.92 Å². The highest BCUT2D eigenvalue weighted by Gasteiger charge is 2.21. The van der Waals surface area contributed by atoms with Gasteiger partial charge in [-0.15, -0.1) is 0 Å². The molecule has 4 heteroatoms. The summed E-state index contributed by atoms with van der Waals surface area (Å²) < 4.78 is 1.85. The fraction of sp³-hybridized carbons (Fsp3) is 0.714. The largest absolute Gasteiger partial charge is 0.299 e. The van der Waals surface area contributed by atoms with Crippen molar-refractivity contribution in [1.82, 2.24) is 9.78 Å². The molecule has 1 heterocycles. The molecule has 0 amide bonds. The maximum absolute atomic E-state index is 12.1. The van der Waals surface area contributed by atoms with E-state index in [1.54, 1.807) is 0 Å². The first kappa shape index (κ1) is 13.6. The minimum absolute atomic E-state index is 0.304. The fourth-order valence-corrected chi connectivity index (χ4v) is 3.04. The normalized spacial score (nSPS) is 16.4. The molecule has 100 valence electrons. The Hall–Kier alpha value is -0.830. The van der Waals surface area contributed by atoms with Crippen molar-refractivity contribution in [3.05, 3.63) is 16.4 Å². The Morgan fingerprint density at radius 1 is 1.44 bits per heavy atom. The predicted molar refractivity (Wildman–Crippen MR) is 72.9 cm³/mol. The van der Waals surface area contributed by atoms with E-state index in [0.717, 1.165) is 17.9 Å². The van der Waals surface area contributed by atoms with Crippen molar-refractivity contribution in [3.8, 4) is 0 Å². The molecule has 0 unspecified atom stereocenters. The van der Waals surface area contributed by atoms with Crippen molar-refractivity contribution in [3.63, 3.8) is 0 Å². The van der Waals surface area contributed by atoms with Gasteiger partial charge >= 0.3 is 0 Å². The Balaban J connectivity index is 2.01. The van der Waals surface area contributed by atoms with Crippen LogP contribution < -0.4 is 0 Å². The van der Waals surface area contributed by atoms with Crippen LogP contribution in [0.1, 0.15) is 50.4 Å². The number of aryl methyl sites for hydroxylation is 2. The van der Waals surface area contributed by atoms with Crippen LogP contribution in [0.3, 0.4) is 0 Å². The first-order valence-electron chi connectivity index (χ1n) is 6.85. The fourth-order valence-electron chi connectivity index (χ4n) is 2.83. The quantitative estimate of drug-likeness (QED) is 0.818. The average Bonchev–Trinajstić information content (AvgIpc) is 2.92. The molecule has 0 aromatic carbocycles. The lowest BCUT2D eigenvalue weighted by molar-refractivity contribution is -0.119. The number of ketones is 1. The molecule has 1 aliphatic rings. The van der Waals surface area contributed by atoms with E-state index >= 15 is 0 Å². The van der Waals surface area contributed by atoms with Crippen LogP contribution in [-0.2, 0) is 17.8 Å². The Bertz CT molecular complexity index is 433. The molecule has 1 fully saturated rings. The van der Waals surface area contributed by atoms with Crippen LogP contribution in [0.15, 0.2) is 0 Å². The summed E-state index contributed by atoms with van der Waals surface area (Å²) in [6.45, 7) is 4.67. The second-order valence-corrected chi connectivity index (χ2v) is 5.61. The number of aromatic nitrogens is 2. The van der Waals surface area contributed by atoms with Crippen molar-refractivity contribution in [2.75, 3.05) is 0 Å². The SMILES string of the molecule is CCn1nc(C)c(Cl)c1CC(=O)CC1CCCC1. The predicted octanol–water partition coefficient (Wildman–Crippen LogP) is 3.56. The molecule has 0 saturated heterocycles. The van der Waals surface area contributed by atoms with Crippen molar-refractivity contribution >= 4 is 17.4 Å². The highest BCUT2D eigenvalue weighted by atomic mass is 35.5. The van der Waals surface area contributed by atoms with Gasteiger partial charge in [0.2, 0.25) is 0 Å². The second-order valence-electron chi connectivity index (χ2n) is 5.23. The third-order valence-electron chi connectivity index (χ3n) is 3.81.